The van der Waals surface area contributed by atoms with Gasteiger partial charge in [0.2, 0.25) is 0 Å². The number of nitrogens with one attached hydrogen (secondary N) is 1. The maximum absolute atomic E-state index is 13.6. The predicted octanol–water partition coefficient (Wildman–Crippen LogP) is 0.904. The zero-order chi connectivity index (χ0) is 13.3. The first-order valence-electron chi connectivity index (χ1n) is 5.54. The summed E-state index contributed by atoms with van der Waals surface area (Å²) >= 11 is 0. The third-order valence-electron chi connectivity index (χ3n) is 3.21. The summed E-state index contributed by atoms with van der Waals surface area (Å²) < 4.78 is 49.6. The predicted molar refractivity (Wildman–Crippen MR) is 63.2 cm³/mol. The highest BCUT2D eigenvalue weighted by Crippen LogP contribution is 2.32. The van der Waals surface area contributed by atoms with Gasteiger partial charge in [-0.05, 0) is 30.5 Å². The van der Waals surface area contributed by atoms with Crippen molar-refractivity contribution in [3.63, 3.8) is 0 Å². The van der Waals surface area contributed by atoms with Gasteiger partial charge in [0.25, 0.3) is 0 Å². The van der Waals surface area contributed by atoms with Crippen molar-refractivity contribution in [2.45, 2.75) is 12.5 Å². The van der Waals surface area contributed by atoms with Gasteiger partial charge in [-0.15, -0.1) is 0 Å². The van der Waals surface area contributed by atoms with Crippen LogP contribution in [0.25, 0.3) is 0 Å². The Morgan fingerprint density at radius 2 is 2.11 bits per heavy atom. The molecule has 100 valence electrons. The third kappa shape index (κ3) is 2.68. The molecule has 0 amide bonds. The van der Waals surface area contributed by atoms with Gasteiger partial charge < -0.3 is 0 Å². The first-order valence-corrected chi connectivity index (χ1v) is 7.36. The third-order valence-corrected chi connectivity index (χ3v) is 5.01. The Balaban J connectivity index is 2.31. The maximum atomic E-state index is 13.6. The van der Waals surface area contributed by atoms with Crippen molar-refractivity contribution in [3.8, 4) is 0 Å². The van der Waals surface area contributed by atoms with Crippen molar-refractivity contribution in [2.75, 3.05) is 11.5 Å². The summed E-state index contributed by atoms with van der Waals surface area (Å²) in [5.74, 6) is 3.86. The SMILES string of the molecule is NNC(c1cc(F)ccc1F)C1CCS(=O)(=O)C1. The quantitative estimate of drug-likeness (QED) is 0.635. The minimum Gasteiger partial charge on any atom is -0.271 e. The standard InChI is InChI=1S/C11H14F2N2O2S/c12-8-1-2-10(13)9(5-8)11(15-14)7-3-4-18(16,17)6-7/h1-2,5,7,11,15H,3-4,6,14H2. The zero-order valence-electron chi connectivity index (χ0n) is 9.57. The molecule has 3 N–H and O–H groups in total. The number of nitrogens with two attached hydrogens (primary N) is 1. The Kier molecular flexibility index (Phi) is 3.65. The van der Waals surface area contributed by atoms with E-state index in [4.69, 9.17) is 5.84 Å². The fourth-order valence-corrected chi connectivity index (χ4v) is 4.16. The van der Waals surface area contributed by atoms with Crippen molar-refractivity contribution in [1.82, 2.24) is 5.43 Å². The van der Waals surface area contributed by atoms with E-state index < -0.39 is 27.5 Å². The molecule has 0 aliphatic carbocycles. The second-order valence-electron chi connectivity index (χ2n) is 4.47. The number of benzene rings is 1. The van der Waals surface area contributed by atoms with Crippen LogP contribution in [0.5, 0.6) is 0 Å². The minimum atomic E-state index is -3.09. The first kappa shape index (κ1) is 13.4. The van der Waals surface area contributed by atoms with Crippen molar-refractivity contribution < 1.29 is 17.2 Å². The average molecular weight is 276 g/mol. The van der Waals surface area contributed by atoms with Crippen LogP contribution in [-0.4, -0.2) is 19.9 Å². The molecule has 18 heavy (non-hydrogen) atoms. The smallest absolute Gasteiger partial charge is 0.150 e. The van der Waals surface area contributed by atoms with E-state index in [1.807, 2.05) is 0 Å². The normalized spacial score (nSPS) is 24.1. The Hall–Kier alpha value is -1.05. The van der Waals surface area contributed by atoms with Crippen molar-refractivity contribution in [3.05, 3.63) is 35.4 Å². The van der Waals surface area contributed by atoms with Gasteiger partial charge >= 0.3 is 0 Å². The molecule has 2 rings (SSSR count). The van der Waals surface area contributed by atoms with Crippen LogP contribution in [0, 0.1) is 17.6 Å². The molecule has 0 saturated carbocycles. The van der Waals surface area contributed by atoms with Crippen LogP contribution in [-0.2, 0) is 9.84 Å². The van der Waals surface area contributed by atoms with Crippen LogP contribution in [0.2, 0.25) is 0 Å². The molecule has 1 aliphatic heterocycles. The van der Waals surface area contributed by atoms with E-state index in [0.717, 1.165) is 18.2 Å². The van der Waals surface area contributed by atoms with Gasteiger partial charge in [-0.25, -0.2) is 17.2 Å². The zero-order valence-corrected chi connectivity index (χ0v) is 10.4. The molecular formula is C11H14F2N2O2S. The highest BCUT2D eigenvalue weighted by Gasteiger charge is 2.35. The maximum Gasteiger partial charge on any atom is 0.150 e. The summed E-state index contributed by atoms with van der Waals surface area (Å²) in [4.78, 5) is 0. The lowest BCUT2D eigenvalue weighted by Crippen LogP contribution is -2.34. The van der Waals surface area contributed by atoms with Crippen LogP contribution < -0.4 is 11.3 Å². The van der Waals surface area contributed by atoms with Gasteiger partial charge in [0.15, 0.2) is 9.84 Å². The molecule has 2 unspecified atom stereocenters. The molecular weight excluding hydrogens is 262 g/mol. The van der Waals surface area contributed by atoms with Crippen molar-refractivity contribution in [2.24, 2.45) is 11.8 Å². The van der Waals surface area contributed by atoms with E-state index in [9.17, 15) is 17.2 Å². The van der Waals surface area contributed by atoms with Crippen LogP contribution in [0.15, 0.2) is 18.2 Å². The molecule has 1 aromatic carbocycles. The second-order valence-corrected chi connectivity index (χ2v) is 6.70. The summed E-state index contributed by atoms with van der Waals surface area (Å²) in [7, 11) is -3.09. The number of hydrogen-bond acceptors (Lipinski definition) is 4. The molecule has 0 aromatic heterocycles. The molecule has 1 heterocycles. The summed E-state index contributed by atoms with van der Waals surface area (Å²) in [5, 5.41) is 0. The van der Waals surface area contributed by atoms with Gasteiger partial charge in [0.05, 0.1) is 17.5 Å². The molecule has 1 saturated heterocycles. The van der Waals surface area contributed by atoms with Crippen LogP contribution in [0.1, 0.15) is 18.0 Å². The fourth-order valence-electron chi connectivity index (χ4n) is 2.32. The average Bonchev–Trinajstić information content (AvgIpc) is 2.65. The molecule has 7 heteroatoms. The number of hydrazine groups is 1. The monoisotopic (exact) mass is 276 g/mol. The minimum absolute atomic E-state index is 0.0577. The van der Waals surface area contributed by atoms with Crippen LogP contribution in [0.3, 0.4) is 0 Å². The van der Waals surface area contributed by atoms with Gasteiger partial charge in [-0.3, -0.25) is 11.3 Å². The lowest BCUT2D eigenvalue weighted by molar-refractivity contribution is 0.384. The van der Waals surface area contributed by atoms with Gasteiger partial charge in [-0.1, -0.05) is 0 Å². The Morgan fingerprint density at radius 3 is 2.67 bits per heavy atom. The van der Waals surface area contributed by atoms with E-state index in [1.54, 1.807) is 0 Å². The summed E-state index contributed by atoms with van der Waals surface area (Å²) in [6, 6.07) is 2.37. The number of rotatable bonds is 3. The first-order chi connectivity index (χ1) is 8.43. The van der Waals surface area contributed by atoms with Gasteiger partial charge in [-0.2, -0.15) is 0 Å². The summed E-state index contributed by atoms with van der Waals surface area (Å²) in [6.45, 7) is 0. The molecule has 1 aromatic rings. The molecule has 0 spiro atoms. The lowest BCUT2D eigenvalue weighted by atomic mass is 9.92. The van der Waals surface area contributed by atoms with Gasteiger partial charge in [0, 0.05) is 5.56 Å². The highest BCUT2D eigenvalue weighted by molar-refractivity contribution is 7.91. The van der Waals surface area contributed by atoms with E-state index in [1.165, 1.54) is 0 Å². The molecule has 4 nitrogen and oxygen atoms in total. The Labute approximate surface area is 104 Å². The van der Waals surface area contributed by atoms with Crippen molar-refractivity contribution >= 4 is 9.84 Å². The van der Waals surface area contributed by atoms with E-state index in [-0.39, 0.29) is 23.0 Å². The molecule has 1 fully saturated rings. The van der Waals surface area contributed by atoms with Crippen molar-refractivity contribution in [1.29, 1.82) is 0 Å². The topological polar surface area (TPSA) is 72.2 Å². The lowest BCUT2D eigenvalue weighted by Gasteiger charge is -2.22. The number of hydrogen-bond donors (Lipinski definition) is 2. The van der Waals surface area contributed by atoms with Crippen LogP contribution >= 0.6 is 0 Å². The molecule has 1 aliphatic rings. The Morgan fingerprint density at radius 1 is 1.39 bits per heavy atom. The van der Waals surface area contributed by atoms with Gasteiger partial charge in [0.1, 0.15) is 11.6 Å². The van der Waals surface area contributed by atoms with E-state index in [0.29, 0.717) is 6.42 Å². The fraction of sp³-hybridized carbons (Fsp3) is 0.455. The largest absolute Gasteiger partial charge is 0.271 e. The highest BCUT2D eigenvalue weighted by atomic mass is 32.2. The number of halogens is 2. The van der Waals surface area contributed by atoms with E-state index in [2.05, 4.69) is 5.43 Å². The van der Waals surface area contributed by atoms with E-state index >= 15 is 0 Å². The summed E-state index contributed by atoms with van der Waals surface area (Å²) in [6.07, 6.45) is 0.396. The molecule has 0 bridgehead atoms. The summed E-state index contributed by atoms with van der Waals surface area (Å²) in [5.41, 5.74) is 2.46. The Bertz CT molecular complexity index is 548. The number of sulfone groups is 1. The second kappa shape index (κ2) is 4.91. The molecule has 0 radical (unpaired) electrons. The molecule has 2 atom stereocenters. The van der Waals surface area contributed by atoms with Crippen LogP contribution in [0.4, 0.5) is 8.78 Å².